The summed E-state index contributed by atoms with van der Waals surface area (Å²) in [4.78, 5) is 23.7. The molecule has 0 aliphatic carbocycles. The molecule has 0 spiro atoms. The van der Waals surface area contributed by atoms with Crippen LogP contribution in [0.1, 0.15) is 35.3 Å². The lowest BCUT2D eigenvalue weighted by molar-refractivity contribution is -0.115. The van der Waals surface area contributed by atoms with E-state index >= 15 is 0 Å². The number of hydrogen-bond acceptors (Lipinski definition) is 6. The summed E-state index contributed by atoms with van der Waals surface area (Å²) >= 11 is 1.20. The summed E-state index contributed by atoms with van der Waals surface area (Å²) < 4.78 is 5.72. The van der Waals surface area contributed by atoms with Crippen LogP contribution in [0.25, 0.3) is 11.5 Å². The number of rotatable bonds is 6. The van der Waals surface area contributed by atoms with Gasteiger partial charge in [-0.15, -0.1) is 10.2 Å². The molecular formula is C21H21N3O3S. The Morgan fingerprint density at radius 1 is 1.04 bits per heavy atom. The summed E-state index contributed by atoms with van der Waals surface area (Å²) in [6.07, 6.45) is 0. The highest BCUT2D eigenvalue weighted by Gasteiger charge is 2.19. The van der Waals surface area contributed by atoms with Crippen molar-refractivity contribution >= 4 is 29.1 Å². The number of thioether (sulfide) groups is 1. The Morgan fingerprint density at radius 2 is 1.68 bits per heavy atom. The first-order valence-electron chi connectivity index (χ1n) is 8.82. The lowest BCUT2D eigenvalue weighted by atomic mass is 10.1. The lowest BCUT2D eigenvalue weighted by Gasteiger charge is -2.10. The second kappa shape index (κ2) is 8.39. The Labute approximate surface area is 167 Å². The van der Waals surface area contributed by atoms with Crippen LogP contribution in [-0.4, -0.2) is 27.1 Å². The quantitative estimate of drug-likeness (QED) is 0.482. The molecule has 0 saturated carbocycles. The second-order valence-corrected chi connectivity index (χ2v) is 7.92. The third-order valence-electron chi connectivity index (χ3n) is 4.08. The molecule has 144 valence electrons. The number of aromatic nitrogens is 2. The number of benzene rings is 2. The highest BCUT2D eigenvalue weighted by molar-refractivity contribution is 8.00. The van der Waals surface area contributed by atoms with Gasteiger partial charge in [-0.05, 0) is 64.1 Å². The zero-order chi connectivity index (χ0) is 20.3. The number of carbonyl (C=O) groups excluding carboxylic acids is 2. The molecule has 1 aromatic heterocycles. The number of ketones is 1. The van der Waals surface area contributed by atoms with Crippen LogP contribution in [0.2, 0.25) is 0 Å². The highest BCUT2D eigenvalue weighted by Crippen LogP contribution is 2.27. The smallest absolute Gasteiger partial charge is 0.277 e. The number of nitrogens with one attached hydrogen (secondary N) is 1. The lowest BCUT2D eigenvalue weighted by Crippen LogP contribution is -2.22. The molecular weight excluding hydrogens is 374 g/mol. The fourth-order valence-electron chi connectivity index (χ4n) is 2.71. The van der Waals surface area contributed by atoms with Gasteiger partial charge in [0.2, 0.25) is 11.8 Å². The Balaban J connectivity index is 1.64. The second-order valence-electron chi connectivity index (χ2n) is 6.63. The molecule has 6 nitrogen and oxygen atoms in total. The van der Waals surface area contributed by atoms with Crippen molar-refractivity contribution in [3.8, 4) is 11.5 Å². The molecule has 3 rings (SSSR count). The molecule has 1 heterocycles. The zero-order valence-electron chi connectivity index (χ0n) is 16.1. The third kappa shape index (κ3) is 4.86. The van der Waals surface area contributed by atoms with Gasteiger partial charge in [-0.25, -0.2) is 0 Å². The molecule has 3 aromatic rings. The van der Waals surface area contributed by atoms with E-state index in [2.05, 4.69) is 21.6 Å². The van der Waals surface area contributed by atoms with Crippen LogP contribution in [0.3, 0.4) is 0 Å². The molecule has 0 aliphatic rings. The maximum absolute atomic E-state index is 12.4. The summed E-state index contributed by atoms with van der Waals surface area (Å²) in [6.45, 7) is 7.30. The molecule has 1 atom stereocenters. The van der Waals surface area contributed by atoms with Crippen LogP contribution in [0.5, 0.6) is 0 Å². The van der Waals surface area contributed by atoms with Gasteiger partial charge in [-0.2, -0.15) is 0 Å². The zero-order valence-corrected chi connectivity index (χ0v) is 17.0. The summed E-state index contributed by atoms with van der Waals surface area (Å²) in [6, 6.07) is 12.8. The fourth-order valence-corrected chi connectivity index (χ4v) is 3.39. The van der Waals surface area contributed by atoms with Crippen molar-refractivity contribution < 1.29 is 14.0 Å². The molecule has 28 heavy (non-hydrogen) atoms. The molecule has 0 bridgehead atoms. The minimum absolute atomic E-state index is 0.0159. The van der Waals surface area contributed by atoms with Gasteiger partial charge >= 0.3 is 0 Å². The van der Waals surface area contributed by atoms with Crippen LogP contribution in [0.15, 0.2) is 52.1 Å². The van der Waals surface area contributed by atoms with E-state index in [0.717, 1.165) is 16.7 Å². The number of anilines is 1. The highest BCUT2D eigenvalue weighted by atomic mass is 32.2. The summed E-state index contributed by atoms with van der Waals surface area (Å²) in [5, 5.41) is 10.9. The average Bonchev–Trinajstić information content (AvgIpc) is 3.10. The minimum atomic E-state index is -0.431. The van der Waals surface area contributed by atoms with E-state index < -0.39 is 5.25 Å². The predicted octanol–water partition coefficient (Wildman–Crippen LogP) is 4.68. The molecule has 7 heteroatoms. The first-order chi connectivity index (χ1) is 13.3. The number of Topliss-reactive ketones (excluding diaryl/α,β-unsaturated/α-hetero) is 1. The molecule has 1 N–H and O–H groups in total. The molecule has 0 fully saturated rings. The monoisotopic (exact) mass is 395 g/mol. The van der Waals surface area contributed by atoms with Gasteiger partial charge in [0.05, 0.1) is 5.25 Å². The molecule has 2 aromatic carbocycles. The third-order valence-corrected chi connectivity index (χ3v) is 5.02. The van der Waals surface area contributed by atoms with Crippen molar-refractivity contribution in [3.05, 3.63) is 59.2 Å². The van der Waals surface area contributed by atoms with Gasteiger partial charge in [0.1, 0.15) is 0 Å². The normalized spacial score (nSPS) is 11.9. The van der Waals surface area contributed by atoms with Gasteiger partial charge in [0.25, 0.3) is 5.22 Å². The summed E-state index contributed by atoms with van der Waals surface area (Å²) in [7, 11) is 0. The van der Waals surface area contributed by atoms with Crippen molar-refractivity contribution in [2.45, 2.75) is 38.2 Å². The van der Waals surface area contributed by atoms with Gasteiger partial charge in [-0.3, -0.25) is 9.59 Å². The number of amides is 1. The van der Waals surface area contributed by atoms with Crippen LogP contribution in [0, 0.1) is 13.8 Å². The van der Waals surface area contributed by atoms with Gasteiger partial charge < -0.3 is 9.73 Å². The number of nitrogens with zero attached hydrogens (tertiary/aromatic N) is 2. The van der Waals surface area contributed by atoms with Crippen molar-refractivity contribution in [2.75, 3.05) is 5.32 Å². The summed E-state index contributed by atoms with van der Waals surface area (Å²) in [5.41, 5.74) is 4.32. The van der Waals surface area contributed by atoms with E-state index in [9.17, 15) is 9.59 Å². The Hall–Kier alpha value is -2.93. The van der Waals surface area contributed by atoms with Gasteiger partial charge in [0.15, 0.2) is 5.78 Å². The van der Waals surface area contributed by atoms with Crippen LogP contribution in [0.4, 0.5) is 5.69 Å². The Bertz CT molecular complexity index is 992. The molecule has 0 saturated heterocycles. The number of hydrogen-bond donors (Lipinski definition) is 1. The maximum Gasteiger partial charge on any atom is 0.277 e. The van der Waals surface area contributed by atoms with E-state index in [1.807, 2.05) is 26.0 Å². The number of aryl methyl sites for hydroxylation is 2. The topological polar surface area (TPSA) is 85.1 Å². The Morgan fingerprint density at radius 3 is 2.29 bits per heavy atom. The Kier molecular flexibility index (Phi) is 5.94. The predicted molar refractivity (Wildman–Crippen MR) is 110 cm³/mol. The molecule has 1 amide bonds. The van der Waals surface area contributed by atoms with Gasteiger partial charge in [0, 0.05) is 16.8 Å². The van der Waals surface area contributed by atoms with E-state index in [4.69, 9.17) is 4.42 Å². The van der Waals surface area contributed by atoms with Crippen LogP contribution >= 0.6 is 11.8 Å². The standard InChI is InChI=1S/C21H21N3O3S/c1-12-9-13(2)11-17(10-12)20-23-24-21(27-20)28-15(4)19(26)22-18-7-5-16(6-8-18)14(3)25/h5-11,15H,1-4H3,(H,22,26)/t15-/m0/s1. The van der Waals surface area contributed by atoms with Crippen molar-refractivity contribution in [1.29, 1.82) is 0 Å². The van der Waals surface area contributed by atoms with Crippen LogP contribution < -0.4 is 5.32 Å². The maximum atomic E-state index is 12.4. The van der Waals surface area contributed by atoms with E-state index in [0.29, 0.717) is 22.4 Å². The summed E-state index contributed by atoms with van der Waals surface area (Å²) in [5.74, 6) is 0.228. The average molecular weight is 395 g/mol. The molecule has 0 aliphatic heterocycles. The van der Waals surface area contributed by atoms with E-state index in [1.165, 1.54) is 18.7 Å². The first-order valence-corrected chi connectivity index (χ1v) is 9.70. The SMILES string of the molecule is CC(=O)c1ccc(NC(=O)[C@H](C)Sc2nnc(-c3cc(C)cc(C)c3)o2)cc1. The van der Waals surface area contributed by atoms with Crippen molar-refractivity contribution in [2.24, 2.45) is 0 Å². The largest absolute Gasteiger partial charge is 0.411 e. The van der Waals surface area contributed by atoms with Crippen molar-refractivity contribution in [3.63, 3.8) is 0 Å². The number of carbonyl (C=O) groups is 2. The minimum Gasteiger partial charge on any atom is -0.411 e. The first kappa shape index (κ1) is 19.8. The van der Waals surface area contributed by atoms with Crippen LogP contribution in [-0.2, 0) is 4.79 Å². The molecule has 0 unspecified atom stereocenters. The van der Waals surface area contributed by atoms with E-state index in [1.54, 1.807) is 31.2 Å². The van der Waals surface area contributed by atoms with Gasteiger partial charge in [-0.1, -0.05) is 29.0 Å². The van der Waals surface area contributed by atoms with E-state index in [-0.39, 0.29) is 11.7 Å². The fraction of sp³-hybridized carbons (Fsp3) is 0.238. The molecule has 0 radical (unpaired) electrons. The van der Waals surface area contributed by atoms with Crippen molar-refractivity contribution in [1.82, 2.24) is 10.2 Å².